The number of benzene rings is 2. The number of morpholine rings is 1. The lowest BCUT2D eigenvalue weighted by molar-refractivity contribution is -0.144. The average molecular weight is 526 g/mol. The topological polar surface area (TPSA) is 80.3 Å². The summed E-state index contributed by atoms with van der Waals surface area (Å²) in [7, 11) is 0. The highest BCUT2D eigenvalue weighted by Crippen LogP contribution is 2.25. The van der Waals surface area contributed by atoms with Gasteiger partial charge in [-0.15, -0.1) is 0 Å². The van der Waals surface area contributed by atoms with Gasteiger partial charge in [-0.2, -0.15) is 0 Å². The van der Waals surface area contributed by atoms with Crippen molar-refractivity contribution in [3.63, 3.8) is 0 Å². The summed E-state index contributed by atoms with van der Waals surface area (Å²) in [5, 5.41) is 1.53. The van der Waals surface area contributed by atoms with Crippen LogP contribution in [0, 0.1) is 6.92 Å². The molecule has 0 bridgehead atoms. The second-order valence-corrected chi connectivity index (χ2v) is 9.70. The molecule has 8 nitrogen and oxygen atoms in total. The van der Waals surface area contributed by atoms with Gasteiger partial charge in [0.15, 0.2) is 0 Å². The van der Waals surface area contributed by atoms with Crippen molar-refractivity contribution < 1.29 is 23.8 Å². The van der Waals surface area contributed by atoms with E-state index in [1.807, 2.05) is 37.3 Å². The summed E-state index contributed by atoms with van der Waals surface area (Å²) in [6.07, 6.45) is 6.14. The third-order valence-corrected chi connectivity index (χ3v) is 6.60. The third-order valence-electron chi connectivity index (χ3n) is 6.60. The van der Waals surface area contributed by atoms with Gasteiger partial charge in [-0.1, -0.05) is 44.4 Å². The Labute approximate surface area is 227 Å². The maximum atomic E-state index is 12.4. The molecule has 0 spiro atoms. The molecule has 1 amide bonds. The molecule has 0 unspecified atom stereocenters. The SMILES string of the molecule is CCCCCCc1ccc(N(Nc2ccc(C)c(OCCC(=O)OCCN3CCOCC3)c2)C(C)=O)cc1. The zero-order valence-electron chi connectivity index (χ0n) is 23.2. The van der Waals surface area contributed by atoms with Crippen LogP contribution in [-0.4, -0.2) is 62.8 Å². The number of carbonyl (C=O) groups excluding carboxylic acids is 2. The van der Waals surface area contributed by atoms with Crippen molar-refractivity contribution in [2.45, 2.75) is 59.3 Å². The molecule has 1 heterocycles. The average Bonchev–Trinajstić information content (AvgIpc) is 2.92. The molecule has 2 aromatic rings. The first-order valence-corrected chi connectivity index (χ1v) is 13.8. The summed E-state index contributed by atoms with van der Waals surface area (Å²) in [5.74, 6) is 0.257. The van der Waals surface area contributed by atoms with E-state index in [-0.39, 0.29) is 24.9 Å². The molecule has 0 saturated carbocycles. The van der Waals surface area contributed by atoms with Gasteiger partial charge in [0.2, 0.25) is 5.91 Å². The Hall–Kier alpha value is -3.10. The number of hydrogen-bond donors (Lipinski definition) is 1. The molecule has 0 radical (unpaired) electrons. The fraction of sp³-hybridized carbons (Fsp3) is 0.533. The quantitative estimate of drug-likeness (QED) is 0.196. The van der Waals surface area contributed by atoms with Crippen LogP contribution in [0.2, 0.25) is 0 Å². The van der Waals surface area contributed by atoms with E-state index in [4.69, 9.17) is 14.2 Å². The molecule has 1 saturated heterocycles. The number of anilines is 2. The second kappa shape index (κ2) is 16.0. The van der Waals surface area contributed by atoms with Gasteiger partial charge in [-0.05, 0) is 49.1 Å². The zero-order valence-corrected chi connectivity index (χ0v) is 23.2. The summed E-state index contributed by atoms with van der Waals surface area (Å²) in [6.45, 7) is 10.2. The predicted molar refractivity (Wildman–Crippen MR) is 151 cm³/mol. The number of hydrazine groups is 1. The van der Waals surface area contributed by atoms with Crippen molar-refractivity contribution in [2.75, 3.05) is 56.5 Å². The Morgan fingerprint density at radius 3 is 2.50 bits per heavy atom. The van der Waals surface area contributed by atoms with Gasteiger partial charge in [0.1, 0.15) is 12.4 Å². The minimum Gasteiger partial charge on any atom is -0.493 e. The Bertz CT molecular complexity index is 1010. The van der Waals surface area contributed by atoms with E-state index in [2.05, 4.69) is 29.4 Å². The van der Waals surface area contributed by atoms with Crippen LogP contribution in [-0.2, 0) is 25.5 Å². The van der Waals surface area contributed by atoms with Gasteiger partial charge in [0, 0.05) is 32.6 Å². The van der Waals surface area contributed by atoms with Crippen molar-refractivity contribution >= 4 is 23.3 Å². The summed E-state index contributed by atoms with van der Waals surface area (Å²) >= 11 is 0. The van der Waals surface area contributed by atoms with Crippen LogP contribution < -0.4 is 15.2 Å². The van der Waals surface area contributed by atoms with Crippen LogP contribution in [0.1, 0.15) is 57.1 Å². The van der Waals surface area contributed by atoms with Crippen molar-refractivity contribution in [3.8, 4) is 5.75 Å². The molecule has 8 heteroatoms. The number of carbonyl (C=O) groups is 2. The molecular weight excluding hydrogens is 482 g/mol. The Morgan fingerprint density at radius 1 is 1.03 bits per heavy atom. The van der Waals surface area contributed by atoms with Gasteiger partial charge in [-0.25, -0.2) is 5.01 Å². The molecule has 2 aromatic carbocycles. The minimum atomic E-state index is -0.276. The molecular formula is C30H43N3O5. The van der Waals surface area contributed by atoms with Crippen molar-refractivity contribution in [1.29, 1.82) is 0 Å². The lowest BCUT2D eigenvalue weighted by Gasteiger charge is -2.26. The van der Waals surface area contributed by atoms with E-state index in [1.54, 1.807) is 0 Å². The molecule has 208 valence electrons. The Kier molecular flexibility index (Phi) is 12.4. The standard InChI is InChI=1S/C30H43N3O5/c1-4-5-6-7-8-26-10-13-28(14-11-26)33(25(3)34)31-27-12-9-24(2)29(23-27)37-19-15-30(35)38-22-18-32-16-20-36-21-17-32/h9-14,23,31H,4-8,15-22H2,1-3H3. The van der Waals surface area contributed by atoms with Gasteiger partial charge in [-0.3, -0.25) is 19.9 Å². The van der Waals surface area contributed by atoms with Crippen molar-refractivity contribution in [3.05, 3.63) is 53.6 Å². The highest BCUT2D eigenvalue weighted by Gasteiger charge is 2.14. The van der Waals surface area contributed by atoms with E-state index < -0.39 is 0 Å². The first-order valence-electron chi connectivity index (χ1n) is 13.8. The third kappa shape index (κ3) is 9.99. The fourth-order valence-electron chi connectivity index (χ4n) is 4.28. The van der Waals surface area contributed by atoms with Gasteiger partial charge in [0.25, 0.3) is 0 Å². The van der Waals surface area contributed by atoms with Gasteiger partial charge < -0.3 is 14.2 Å². The van der Waals surface area contributed by atoms with E-state index in [0.717, 1.165) is 56.2 Å². The van der Waals surface area contributed by atoms with Crippen LogP contribution in [0.4, 0.5) is 11.4 Å². The van der Waals surface area contributed by atoms with E-state index in [0.29, 0.717) is 12.4 Å². The highest BCUT2D eigenvalue weighted by atomic mass is 16.5. The molecule has 0 aromatic heterocycles. The first-order chi connectivity index (χ1) is 18.5. The number of ether oxygens (including phenoxy) is 3. The molecule has 1 fully saturated rings. The zero-order chi connectivity index (χ0) is 27.2. The summed E-state index contributed by atoms with van der Waals surface area (Å²) in [4.78, 5) is 26.8. The van der Waals surface area contributed by atoms with Crippen LogP contribution >= 0.6 is 0 Å². The number of esters is 1. The maximum absolute atomic E-state index is 12.4. The Balaban J connectivity index is 1.48. The lowest BCUT2D eigenvalue weighted by Crippen LogP contribution is -2.38. The minimum absolute atomic E-state index is 0.122. The number of aryl methyl sites for hydroxylation is 2. The summed E-state index contributed by atoms with van der Waals surface area (Å²) in [5.41, 5.74) is 6.91. The number of nitrogens with zero attached hydrogens (tertiary/aromatic N) is 2. The fourth-order valence-corrected chi connectivity index (χ4v) is 4.28. The number of amides is 1. The van der Waals surface area contributed by atoms with Crippen molar-refractivity contribution in [2.24, 2.45) is 0 Å². The molecule has 3 rings (SSSR count). The Morgan fingerprint density at radius 2 is 1.79 bits per heavy atom. The van der Waals surface area contributed by atoms with E-state index >= 15 is 0 Å². The van der Waals surface area contributed by atoms with Gasteiger partial charge >= 0.3 is 5.97 Å². The number of rotatable bonds is 15. The van der Waals surface area contributed by atoms with Crippen LogP contribution in [0.15, 0.2) is 42.5 Å². The molecule has 1 aliphatic heterocycles. The molecule has 1 N–H and O–H groups in total. The second-order valence-electron chi connectivity index (χ2n) is 9.70. The predicted octanol–water partition coefficient (Wildman–Crippen LogP) is 5.14. The molecule has 38 heavy (non-hydrogen) atoms. The largest absolute Gasteiger partial charge is 0.493 e. The molecule has 1 aliphatic rings. The number of nitrogens with one attached hydrogen (secondary N) is 1. The molecule has 0 atom stereocenters. The van der Waals surface area contributed by atoms with Gasteiger partial charge in [0.05, 0.1) is 37.6 Å². The summed E-state index contributed by atoms with van der Waals surface area (Å²) < 4.78 is 16.6. The van der Waals surface area contributed by atoms with Crippen molar-refractivity contribution in [1.82, 2.24) is 4.90 Å². The van der Waals surface area contributed by atoms with Crippen LogP contribution in [0.25, 0.3) is 0 Å². The highest BCUT2D eigenvalue weighted by molar-refractivity contribution is 5.93. The number of hydrogen-bond acceptors (Lipinski definition) is 7. The van der Waals surface area contributed by atoms with E-state index in [1.165, 1.54) is 43.2 Å². The maximum Gasteiger partial charge on any atom is 0.309 e. The normalized spacial score (nSPS) is 13.7. The number of unbranched alkanes of at least 4 members (excludes halogenated alkanes) is 3. The van der Waals surface area contributed by atoms with Crippen LogP contribution in [0.5, 0.6) is 5.75 Å². The summed E-state index contributed by atoms with van der Waals surface area (Å²) in [6, 6.07) is 13.8. The molecule has 0 aliphatic carbocycles. The van der Waals surface area contributed by atoms with Crippen LogP contribution in [0.3, 0.4) is 0 Å². The van der Waals surface area contributed by atoms with E-state index in [9.17, 15) is 9.59 Å². The first kappa shape index (κ1) is 29.5. The lowest BCUT2D eigenvalue weighted by atomic mass is 10.1. The smallest absolute Gasteiger partial charge is 0.309 e. The monoisotopic (exact) mass is 525 g/mol.